The third-order valence-electron chi connectivity index (χ3n) is 4.50. The molecule has 0 aliphatic carbocycles. The molecule has 0 saturated carbocycles. The molecule has 0 saturated heterocycles. The summed E-state index contributed by atoms with van der Waals surface area (Å²) in [4.78, 5) is 4.61. The van der Waals surface area contributed by atoms with Crippen molar-refractivity contribution in [3.8, 4) is 11.1 Å². The molecule has 3 N–H and O–H groups in total. The molecule has 0 unspecified atom stereocenters. The van der Waals surface area contributed by atoms with Gasteiger partial charge in [-0.25, -0.2) is 18.1 Å². The Morgan fingerprint density at radius 2 is 1.83 bits per heavy atom. The molecule has 29 heavy (non-hydrogen) atoms. The third kappa shape index (κ3) is 3.64. The average Bonchev–Trinajstić information content (AvgIpc) is 2.95. The highest BCUT2D eigenvalue weighted by Gasteiger charge is 2.16. The number of nitrogen functional groups attached to an aromatic ring is 1. The summed E-state index contributed by atoms with van der Waals surface area (Å²) in [6, 6.07) is 15.1. The van der Waals surface area contributed by atoms with Crippen molar-refractivity contribution >= 4 is 44.2 Å². The fraction of sp³-hybridized carbons (Fsp3) is 0.100. The summed E-state index contributed by atoms with van der Waals surface area (Å²) < 4.78 is 29.4. The van der Waals surface area contributed by atoms with Gasteiger partial charge >= 0.3 is 0 Å². The van der Waals surface area contributed by atoms with Gasteiger partial charge in [0, 0.05) is 23.5 Å². The number of halogens is 1. The first-order valence-corrected chi connectivity index (χ1v) is 10.6. The van der Waals surface area contributed by atoms with Crippen molar-refractivity contribution in [2.24, 2.45) is 7.05 Å². The number of aryl methyl sites for hydroxylation is 2. The standard InChI is InChI=1S/C20H18ClN5O2S/c1-12-10-17(18-19(22)24-26(2)20(18)23-12)13-6-8-15(9-7-13)25-29(27,28)16-5-3-4-14(21)11-16/h3-11,25H,1-2H3,(H2,22,24). The quantitative estimate of drug-likeness (QED) is 0.512. The van der Waals surface area contributed by atoms with E-state index in [1.165, 1.54) is 12.1 Å². The number of pyridine rings is 1. The fourth-order valence-corrected chi connectivity index (χ4v) is 4.56. The number of sulfonamides is 1. The monoisotopic (exact) mass is 427 g/mol. The van der Waals surface area contributed by atoms with Crippen LogP contribution in [0, 0.1) is 6.92 Å². The molecule has 2 aromatic heterocycles. The number of anilines is 2. The molecule has 0 atom stereocenters. The van der Waals surface area contributed by atoms with Gasteiger partial charge in [0.2, 0.25) is 0 Å². The van der Waals surface area contributed by atoms with Crippen LogP contribution < -0.4 is 10.5 Å². The van der Waals surface area contributed by atoms with E-state index in [9.17, 15) is 8.42 Å². The van der Waals surface area contributed by atoms with Crippen LogP contribution in [0.5, 0.6) is 0 Å². The Bertz CT molecular complexity index is 1330. The van der Waals surface area contributed by atoms with Gasteiger partial charge in [-0.05, 0) is 54.4 Å². The summed E-state index contributed by atoms with van der Waals surface area (Å²) in [6.07, 6.45) is 0. The van der Waals surface area contributed by atoms with Crippen LogP contribution in [-0.4, -0.2) is 23.2 Å². The molecule has 0 fully saturated rings. The van der Waals surface area contributed by atoms with Crippen molar-refractivity contribution in [3.63, 3.8) is 0 Å². The predicted molar refractivity (Wildman–Crippen MR) is 115 cm³/mol. The maximum atomic E-state index is 12.6. The second-order valence-corrected chi connectivity index (χ2v) is 8.78. The second kappa shape index (κ2) is 7.06. The molecule has 4 rings (SSSR count). The van der Waals surface area contributed by atoms with Gasteiger partial charge in [0.05, 0.1) is 10.3 Å². The van der Waals surface area contributed by atoms with Crippen LogP contribution in [0.2, 0.25) is 5.02 Å². The zero-order chi connectivity index (χ0) is 20.8. The normalized spacial score (nSPS) is 11.7. The molecule has 7 nitrogen and oxygen atoms in total. The highest BCUT2D eigenvalue weighted by molar-refractivity contribution is 7.92. The van der Waals surface area contributed by atoms with E-state index >= 15 is 0 Å². The molecule has 4 aromatic rings. The van der Waals surface area contributed by atoms with Gasteiger partial charge < -0.3 is 5.73 Å². The zero-order valence-electron chi connectivity index (χ0n) is 15.7. The highest BCUT2D eigenvalue weighted by atomic mass is 35.5. The lowest BCUT2D eigenvalue weighted by atomic mass is 10.0. The number of aromatic nitrogens is 3. The maximum absolute atomic E-state index is 12.6. The van der Waals surface area contributed by atoms with Crippen molar-refractivity contribution < 1.29 is 8.42 Å². The largest absolute Gasteiger partial charge is 0.382 e. The Hall–Kier alpha value is -3.10. The molecular weight excluding hydrogens is 410 g/mol. The summed E-state index contributed by atoms with van der Waals surface area (Å²) in [6.45, 7) is 1.90. The Balaban J connectivity index is 1.70. The maximum Gasteiger partial charge on any atom is 0.261 e. The minimum Gasteiger partial charge on any atom is -0.382 e. The van der Waals surface area contributed by atoms with E-state index in [2.05, 4.69) is 14.8 Å². The minimum absolute atomic E-state index is 0.101. The molecule has 0 aliphatic heterocycles. The van der Waals surface area contributed by atoms with Crippen molar-refractivity contribution in [1.82, 2.24) is 14.8 Å². The van der Waals surface area contributed by atoms with Crippen LogP contribution >= 0.6 is 11.6 Å². The van der Waals surface area contributed by atoms with Gasteiger partial charge in [-0.3, -0.25) is 4.72 Å². The second-order valence-electron chi connectivity index (χ2n) is 6.66. The lowest BCUT2D eigenvalue weighted by Gasteiger charge is -2.10. The molecule has 2 aromatic carbocycles. The van der Waals surface area contributed by atoms with Crippen LogP contribution in [0.25, 0.3) is 22.2 Å². The lowest BCUT2D eigenvalue weighted by molar-refractivity contribution is 0.601. The molecule has 0 bridgehead atoms. The zero-order valence-corrected chi connectivity index (χ0v) is 17.3. The number of nitrogens with two attached hydrogens (primary N) is 1. The summed E-state index contributed by atoms with van der Waals surface area (Å²) in [5.74, 6) is 0.399. The van der Waals surface area contributed by atoms with Crippen molar-refractivity contribution in [2.75, 3.05) is 10.5 Å². The Morgan fingerprint density at radius 3 is 2.52 bits per heavy atom. The Kier molecular flexibility index (Phi) is 4.68. The summed E-state index contributed by atoms with van der Waals surface area (Å²) in [5.41, 5.74) is 9.82. The first-order valence-electron chi connectivity index (χ1n) is 8.73. The smallest absolute Gasteiger partial charge is 0.261 e. The topological polar surface area (TPSA) is 103 Å². The van der Waals surface area contributed by atoms with Crippen molar-refractivity contribution in [3.05, 3.63) is 65.3 Å². The Morgan fingerprint density at radius 1 is 1.10 bits per heavy atom. The molecular formula is C20H18ClN5O2S. The third-order valence-corrected chi connectivity index (χ3v) is 6.12. The van der Waals surface area contributed by atoms with Crippen LogP contribution in [0.4, 0.5) is 11.5 Å². The molecule has 9 heteroatoms. The van der Waals surface area contributed by atoms with Crippen LogP contribution in [0.3, 0.4) is 0 Å². The van der Waals surface area contributed by atoms with Gasteiger partial charge in [-0.15, -0.1) is 0 Å². The predicted octanol–water partition coefficient (Wildman–Crippen LogP) is 3.98. The van der Waals surface area contributed by atoms with E-state index in [4.69, 9.17) is 17.3 Å². The molecule has 148 valence electrons. The molecule has 0 aliphatic rings. The van der Waals surface area contributed by atoms with Crippen molar-refractivity contribution in [2.45, 2.75) is 11.8 Å². The molecule has 0 spiro atoms. The number of nitrogens with zero attached hydrogens (tertiary/aromatic N) is 3. The van der Waals surface area contributed by atoms with Gasteiger partial charge in [0.15, 0.2) is 11.5 Å². The summed E-state index contributed by atoms with van der Waals surface area (Å²) in [5, 5.41) is 5.38. The average molecular weight is 428 g/mol. The number of nitrogens with one attached hydrogen (secondary N) is 1. The van der Waals surface area contributed by atoms with E-state index in [-0.39, 0.29) is 4.90 Å². The SMILES string of the molecule is Cc1cc(-c2ccc(NS(=O)(=O)c3cccc(Cl)c3)cc2)c2c(N)nn(C)c2n1. The number of hydrogen-bond acceptors (Lipinski definition) is 5. The first kappa shape index (κ1) is 19.2. The van der Waals surface area contributed by atoms with Gasteiger partial charge in [0.25, 0.3) is 10.0 Å². The van der Waals surface area contributed by atoms with Crippen LogP contribution in [0.1, 0.15) is 5.69 Å². The Labute approximate surface area is 173 Å². The number of hydrogen-bond donors (Lipinski definition) is 2. The van der Waals surface area contributed by atoms with Crippen LogP contribution in [0.15, 0.2) is 59.5 Å². The molecule has 0 amide bonds. The number of benzene rings is 2. The van der Waals surface area contributed by atoms with Gasteiger partial charge in [-0.1, -0.05) is 29.8 Å². The number of fused-ring (bicyclic) bond motifs is 1. The number of rotatable bonds is 4. The summed E-state index contributed by atoms with van der Waals surface area (Å²) in [7, 11) is -1.94. The van der Waals surface area contributed by atoms with E-state index in [0.717, 1.165) is 22.2 Å². The lowest BCUT2D eigenvalue weighted by Crippen LogP contribution is -2.12. The van der Waals surface area contributed by atoms with E-state index in [0.29, 0.717) is 22.2 Å². The van der Waals surface area contributed by atoms with E-state index < -0.39 is 10.0 Å². The van der Waals surface area contributed by atoms with Crippen LogP contribution in [-0.2, 0) is 17.1 Å². The summed E-state index contributed by atoms with van der Waals surface area (Å²) >= 11 is 5.90. The van der Waals surface area contributed by atoms with E-state index in [1.54, 1.807) is 36.0 Å². The van der Waals surface area contributed by atoms with Gasteiger partial charge in [0.1, 0.15) is 0 Å². The van der Waals surface area contributed by atoms with Crippen molar-refractivity contribution in [1.29, 1.82) is 0 Å². The van der Waals surface area contributed by atoms with E-state index in [1.807, 2.05) is 25.1 Å². The minimum atomic E-state index is -3.74. The molecule has 2 heterocycles. The first-order chi connectivity index (χ1) is 13.7. The van der Waals surface area contributed by atoms with Gasteiger partial charge in [-0.2, -0.15) is 5.10 Å². The highest BCUT2D eigenvalue weighted by Crippen LogP contribution is 2.33. The fourth-order valence-electron chi connectivity index (χ4n) is 3.20. The molecule has 0 radical (unpaired) electrons.